The van der Waals surface area contributed by atoms with Crippen molar-refractivity contribution in [1.29, 1.82) is 0 Å². The molecule has 148 valence electrons. The zero-order chi connectivity index (χ0) is 20.5. The molecule has 7 nitrogen and oxygen atoms in total. The van der Waals surface area contributed by atoms with Gasteiger partial charge in [0.2, 0.25) is 0 Å². The average molecular weight is 407 g/mol. The molecule has 1 saturated heterocycles. The van der Waals surface area contributed by atoms with Gasteiger partial charge in [-0.1, -0.05) is 12.1 Å². The van der Waals surface area contributed by atoms with Crippen molar-refractivity contribution < 1.29 is 4.92 Å². The highest BCUT2D eigenvalue weighted by Gasteiger charge is 2.42. The molecule has 0 spiro atoms. The summed E-state index contributed by atoms with van der Waals surface area (Å²) in [5.74, 6) is 0. The number of pyridine rings is 1. The summed E-state index contributed by atoms with van der Waals surface area (Å²) < 4.78 is 1.98. The average Bonchev–Trinajstić information content (AvgIpc) is 3.32. The van der Waals surface area contributed by atoms with Crippen molar-refractivity contribution in [3.63, 3.8) is 0 Å². The molecule has 4 rings (SSSR count). The summed E-state index contributed by atoms with van der Waals surface area (Å²) in [6.45, 7) is 4.20. The maximum absolute atomic E-state index is 11.2. The molecule has 2 atom stereocenters. The summed E-state index contributed by atoms with van der Waals surface area (Å²) in [6.07, 6.45) is 3.69. The molecule has 0 aliphatic carbocycles. The largest absolute Gasteiger partial charge is 0.352 e. The van der Waals surface area contributed by atoms with E-state index in [2.05, 4.69) is 29.0 Å². The molecule has 29 heavy (non-hydrogen) atoms. The molecule has 0 amide bonds. The van der Waals surface area contributed by atoms with Gasteiger partial charge in [0.15, 0.2) is 5.11 Å². The van der Waals surface area contributed by atoms with Gasteiger partial charge in [0.05, 0.1) is 28.4 Å². The van der Waals surface area contributed by atoms with Crippen LogP contribution in [0.2, 0.25) is 0 Å². The summed E-state index contributed by atoms with van der Waals surface area (Å²) in [4.78, 5) is 17.6. The van der Waals surface area contributed by atoms with E-state index in [0.29, 0.717) is 5.11 Å². The maximum atomic E-state index is 11.2. The quantitative estimate of drug-likeness (QED) is 0.389. The lowest BCUT2D eigenvalue weighted by Gasteiger charge is -2.31. The zero-order valence-electron chi connectivity index (χ0n) is 16.1. The summed E-state index contributed by atoms with van der Waals surface area (Å²) in [5, 5.41) is 15.3. The normalized spacial score (nSPS) is 18.9. The Hall–Kier alpha value is -3.26. The highest BCUT2D eigenvalue weighted by atomic mass is 32.1. The standard InChI is InChI=1S/C21H21N5O2S/c1-14(2)25-20(19(23-21(25)29)17-9-3-4-11-22-17)18-10-6-12-24(18)15-7-5-8-16(13-15)26(27)28/h3-14,19-20H,1-2H3,(H,23,29). The second-order valence-electron chi connectivity index (χ2n) is 7.21. The third-order valence-corrected chi connectivity index (χ3v) is 5.42. The first-order valence-electron chi connectivity index (χ1n) is 9.39. The highest BCUT2D eigenvalue weighted by Crippen LogP contribution is 2.40. The Balaban J connectivity index is 1.83. The summed E-state index contributed by atoms with van der Waals surface area (Å²) in [5.41, 5.74) is 2.68. The summed E-state index contributed by atoms with van der Waals surface area (Å²) >= 11 is 5.65. The van der Waals surface area contributed by atoms with Gasteiger partial charge in [-0.3, -0.25) is 15.1 Å². The molecule has 1 N–H and O–H groups in total. The molecule has 0 saturated carbocycles. The number of nitrogens with zero attached hydrogens (tertiary/aromatic N) is 4. The van der Waals surface area contributed by atoms with Gasteiger partial charge in [-0.2, -0.15) is 0 Å². The van der Waals surface area contributed by atoms with Crippen LogP contribution < -0.4 is 5.32 Å². The van der Waals surface area contributed by atoms with Crippen LogP contribution in [0.25, 0.3) is 5.69 Å². The van der Waals surface area contributed by atoms with Crippen molar-refractivity contribution in [2.75, 3.05) is 0 Å². The number of nitrogens with one attached hydrogen (secondary N) is 1. The van der Waals surface area contributed by atoms with Crippen LogP contribution in [0, 0.1) is 10.1 Å². The van der Waals surface area contributed by atoms with E-state index in [1.165, 1.54) is 6.07 Å². The molecule has 8 heteroatoms. The van der Waals surface area contributed by atoms with Crippen molar-refractivity contribution in [2.24, 2.45) is 0 Å². The van der Waals surface area contributed by atoms with Crippen LogP contribution in [0.5, 0.6) is 0 Å². The van der Waals surface area contributed by atoms with E-state index in [-0.39, 0.29) is 28.7 Å². The molecule has 3 aromatic rings. The highest BCUT2D eigenvalue weighted by molar-refractivity contribution is 7.80. The summed E-state index contributed by atoms with van der Waals surface area (Å²) in [6, 6.07) is 16.4. The van der Waals surface area contributed by atoms with Crippen molar-refractivity contribution in [3.05, 3.63) is 88.5 Å². The van der Waals surface area contributed by atoms with Gasteiger partial charge in [0.25, 0.3) is 5.69 Å². The van der Waals surface area contributed by atoms with Crippen LogP contribution in [0.15, 0.2) is 67.0 Å². The third-order valence-electron chi connectivity index (χ3n) is 5.09. The topological polar surface area (TPSA) is 76.2 Å². The van der Waals surface area contributed by atoms with E-state index in [0.717, 1.165) is 17.1 Å². The first kappa shape index (κ1) is 19.1. The predicted molar refractivity (Wildman–Crippen MR) is 115 cm³/mol. The first-order valence-corrected chi connectivity index (χ1v) is 9.80. The molecule has 1 aromatic carbocycles. The summed E-state index contributed by atoms with van der Waals surface area (Å²) in [7, 11) is 0. The van der Waals surface area contributed by atoms with E-state index in [1.807, 2.05) is 47.2 Å². The number of benzene rings is 1. The number of nitro benzene ring substituents is 1. The van der Waals surface area contributed by atoms with Crippen LogP contribution in [0.3, 0.4) is 0 Å². The molecule has 1 fully saturated rings. The van der Waals surface area contributed by atoms with Gasteiger partial charge in [-0.05, 0) is 56.4 Å². The fraction of sp³-hybridized carbons (Fsp3) is 0.238. The van der Waals surface area contributed by atoms with Gasteiger partial charge < -0.3 is 14.8 Å². The van der Waals surface area contributed by atoms with Crippen LogP contribution in [0.4, 0.5) is 5.69 Å². The second kappa shape index (κ2) is 7.63. The second-order valence-corrected chi connectivity index (χ2v) is 7.59. The van der Waals surface area contributed by atoms with Gasteiger partial charge in [-0.25, -0.2) is 0 Å². The molecule has 0 radical (unpaired) electrons. The minimum absolute atomic E-state index is 0.0595. The number of non-ortho nitro benzene ring substituents is 1. The number of rotatable bonds is 5. The molecular formula is C21H21N5O2S. The lowest BCUT2D eigenvalue weighted by atomic mass is 10.0. The Kier molecular flexibility index (Phi) is 5.02. The van der Waals surface area contributed by atoms with Gasteiger partial charge in [-0.15, -0.1) is 0 Å². The fourth-order valence-corrected chi connectivity index (χ4v) is 4.32. The van der Waals surface area contributed by atoms with Crippen LogP contribution in [-0.2, 0) is 0 Å². The van der Waals surface area contributed by atoms with Crippen LogP contribution >= 0.6 is 12.2 Å². The number of aromatic nitrogens is 2. The third kappa shape index (κ3) is 3.47. The Morgan fingerprint density at radius 3 is 2.69 bits per heavy atom. The molecule has 2 aromatic heterocycles. The van der Waals surface area contributed by atoms with Gasteiger partial charge in [0.1, 0.15) is 0 Å². The molecular weight excluding hydrogens is 386 g/mol. The van der Waals surface area contributed by atoms with Crippen LogP contribution in [0.1, 0.15) is 37.3 Å². The molecule has 1 aliphatic rings. The molecule has 3 heterocycles. The number of thiocarbonyl (C=S) groups is 1. The monoisotopic (exact) mass is 407 g/mol. The lowest BCUT2D eigenvalue weighted by molar-refractivity contribution is -0.384. The lowest BCUT2D eigenvalue weighted by Crippen LogP contribution is -2.36. The van der Waals surface area contributed by atoms with E-state index < -0.39 is 0 Å². The molecule has 2 unspecified atom stereocenters. The SMILES string of the molecule is CC(C)N1C(=S)NC(c2ccccn2)C1c1cccn1-c1cccc([N+](=O)[O-])c1. The number of hydrogen-bond donors (Lipinski definition) is 1. The van der Waals surface area contributed by atoms with E-state index in [4.69, 9.17) is 12.2 Å². The van der Waals surface area contributed by atoms with Crippen molar-refractivity contribution in [2.45, 2.75) is 32.0 Å². The van der Waals surface area contributed by atoms with Crippen molar-refractivity contribution in [1.82, 2.24) is 19.8 Å². The van der Waals surface area contributed by atoms with E-state index in [9.17, 15) is 10.1 Å². The van der Waals surface area contributed by atoms with Crippen LogP contribution in [-0.4, -0.2) is 30.5 Å². The minimum atomic E-state index is -0.379. The Labute approximate surface area is 174 Å². The Bertz CT molecular complexity index is 1050. The first-order chi connectivity index (χ1) is 14.0. The predicted octanol–water partition coefficient (Wildman–Crippen LogP) is 4.16. The van der Waals surface area contributed by atoms with Crippen molar-refractivity contribution in [3.8, 4) is 5.69 Å². The van der Waals surface area contributed by atoms with E-state index >= 15 is 0 Å². The molecule has 0 bridgehead atoms. The zero-order valence-corrected chi connectivity index (χ0v) is 16.9. The van der Waals surface area contributed by atoms with Gasteiger partial charge in [0, 0.05) is 36.3 Å². The van der Waals surface area contributed by atoms with E-state index in [1.54, 1.807) is 18.3 Å². The minimum Gasteiger partial charge on any atom is -0.352 e. The van der Waals surface area contributed by atoms with Gasteiger partial charge >= 0.3 is 0 Å². The fourth-order valence-electron chi connectivity index (χ4n) is 3.86. The maximum Gasteiger partial charge on any atom is 0.271 e. The number of hydrogen-bond acceptors (Lipinski definition) is 4. The Morgan fingerprint density at radius 1 is 1.17 bits per heavy atom. The smallest absolute Gasteiger partial charge is 0.271 e. The number of nitro groups is 1. The molecule has 1 aliphatic heterocycles. The Morgan fingerprint density at radius 2 is 2.00 bits per heavy atom. The van der Waals surface area contributed by atoms with Crippen molar-refractivity contribution >= 4 is 23.0 Å².